The van der Waals surface area contributed by atoms with E-state index in [1.54, 1.807) is 0 Å². The molecule has 0 N–H and O–H groups in total. The van der Waals surface area contributed by atoms with Crippen molar-refractivity contribution in [3.63, 3.8) is 0 Å². The fraction of sp³-hybridized carbons (Fsp3) is 0.308. The van der Waals surface area contributed by atoms with Gasteiger partial charge in [0.1, 0.15) is 0 Å². The van der Waals surface area contributed by atoms with Gasteiger partial charge in [-0.15, -0.1) is 0 Å². The summed E-state index contributed by atoms with van der Waals surface area (Å²) in [4.78, 5) is 0. The summed E-state index contributed by atoms with van der Waals surface area (Å²) in [5.74, 6) is 0. The molecule has 0 radical (unpaired) electrons. The van der Waals surface area contributed by atoms with Crippen molar-refractivity contribution < 1.29 is 0 Å². The molecule has 16 heavy (non-hydrogen) atoms. The molecule has 2 nitrogen and oxygen atoms in total. The van der Waals surface area contributed by atoms with E-state index in [1.165, 1.54) is 16.8 Å². The van der Waals surface area contributed by atoms with Crippen LogP contribution < -0.4 is 0 Å². The van der Waals surface area contributed by atoms with Crippen LogP contribution in [0, 0.1) is 13.8 Å². The van der Waals surface area contributed by atoms with E-state index in [1.807, 2.05) is 4.68 Å². The molecule has 0 unspecified atom stereocenters. The molecule has 2 rings (SSSR count). The molecule has 0 aliphatic heterocycles. The van der Waals surface area contributed by atoms with Gasteiger partial charge in [-0.2, -0.15) is 5.10 Å². The Morgan fingerprint density at radius 1 is 1.19 bits per heavy atom. The molecule has 0 fully saturated rings. The first kappa shape index (κ1) is 11.4. The highest BCUT2D eigenvalue weighted by Crippen LogP contribution is 2.10. The summed E-state index contributed by atoms with van der Waals surface area (Å²) < 4.78 is 2.04. The third-order valence-corrected chi connectivity index (χ3v) is 3.20. The van der Waals surface area contributed by atoms with Gasteiger partial charge in [0.25, 0.3) is 0 Å². The number of aryl methyl sites for hydroxylation is 2. The Labute approximate surface area is 104 Å². The maximum Gasteiger partial charge on any atom is 0.0732 e. The van der Waals surface area contributed by atoms with Gasteiger partial charge in [0, 0.05) is 11.0 Å². The van der Waals surface area contributed by atoms with E-state index in [0.29, 0.717) is 0 Å². The highest BCUT2D eigenvalue weighted by atomic mass is 79.9. The third kappa shape index (κ3) is 2.53. The SMILES string of the molecule is Cc1ccc(Cn2nc(CBr)cc2C)cc1. The zero-order valence-corrected chi connectivity index (χ0v) is 11.2. The Kier molecular flexibility index (Phi) is 3.44. The maximum atomic E-state index is 4.52. The molecule has 0 bridgehead atoms. The molecule has 84 valence electrons. The predicted molar refractivity (Wildman–Crippen MR) is 69.9 cm³/mol. The molecule has 2 aromatic rings. The number of benzene rings is 1. The first-order valence-electron chi connectivity index (χ1n) is 5.34. The lowest BCUT2D eigenvalue weighted by Crippen LogP contribution is -2.03. The summed E-state index contributed by atoms with van der Waals surface area (Å²) in [6, 6.07) is 10.7. The fourth-order valence-electron chi connectivity index (χ4n) is 1.67. The largest absolute Gasteiger partial charge is 0.265 e. The van der Waals surface area contributed by atoms with Gasteiger partial charge >= 0.3 is 0 Å². The Morgan fingerprint density at radius 3 is 2.44 bits per heavy atom. The molecule has 0 atom stereocenters. The first-order valence-corrected chi connectivity index (χ1v) is 6.46. The molecule has 0 aliphatic carbocycles. The van der Waals surface area contributed by atoms with Crippen LogP contribution in [0.3, 0.4) is 0 Å². The molecule has 0 aliphatic rings. The van der Waals surface area contributed by atoms with Gasteiger partial charge in [-0.3, -0.25) is 4.68 Å². The van der Waals surface area contributed by atoms with Crippen LogP contribution in [0.25, 0.3) is 0 Å². The standard InChI is InChI=1S/C13H15BrN2/c1-10-3-5-12(6-4-10)9-16-11(2)7-13(8-14)15-16/h3-7H,8-9H2,1-2H3. The summed E-state index contributed by atoms with van der Waals surface area (Å²) >= 11 is 3.42. The van der Waals surface area contributed by atoms with Crippen molar-refractivity contribution in [2.24, 2.45) is 0 Å². The lowest BCUT2D eigenvalue weighted by molar-refractivity contribution is 0.658. The van der Waals surface area contributed by atoms with Crippen molar-refractivity contribution in [3.05, 3.63) is 52.8 Å². The van der Waals surface area contributed by atoms with Crippen LogP contribution in [0.15, 0.2) is 30.3 Å². The Balaban J connectivity index is 2.19. The zero-order valence-electron chi connectivity index (χ0n) is 9.57. The van der Waals surface area contributed by atoms with Crippen LogP contribution in [-0.2, 0) is 11.9 Å². The van der Waals surface area contributed by atoms with Crippen LogP contribution >= 0.6 is 15.9 Å². The minimum atomic E-state index is 0.814. The topological polar surface area (TPSA) is 17.8 Å². The maximum absolute atomic E-state index is 4.52. The normalized spacial score (nSPS) is 10.7. The predicted octanol–water partition coefficient (Wildman–Crippen LogP) is 3.44. The van der Waals surface area contributed by atoms with Crippen LogP contribution in [0.4, 0.5) is 0 Å². The van der Waals surface area contributed by atoms with Crippen molar-refractivity contribution in [1.29, 1.82) is 0 Å². The minimum Gasteiger partial charge on any atom is -0.265 e. The number of hydrogen-bond donors (Lipinski definition) is 0. The summed E-state index contributed by atoms with van der Waals surface area (Å²) in [6.45, 7) is 5.04. The Hall–Kier alpha value is -1.09. The third-order valence-electron chi connectivity index (χ3n) is 2.62. The van der Waals surface area contributed by atoms with Gasteiger partial charge < -0.3 is 0 Å². The number of halogens is 1. The molecular weight excluding hydrogens is 264 g/mol. The van der Waals surface area contributed by atoms with E-state index in [0.717, 1.165) is 17.6 Å². The second-order valence-corrected chi connectivity index (χ2v) is 4.61. The zero-order chi connectivity index (χ0) is 11.5. The monoisotopic (exact) mass is 278 g/mol. The lowest BCUT2D eigenvalue weighted by Gasteiger charge is -2.04. The molecule has 1 heterocycles. The van der Waals surface area contributed by atoms with E-state index < -0.39 is 0 Å². The summed E-state index contributed by atoms with van der Waals surface area (Å²) in [5.41, 5.74) is 4.87. The molecule has 0 amide bonds. The van der Waals surface area contributed by atoms with Gasteiger partial charge in [-0.25, -0.2) is 0 Å². The number of aromatic nitrogens is 2. The quantitative estimate of drug-likeness (QED) is 0.787. The van der Waals surface area contributed by atoms with E-state index in [2.05, 4.69) is 65.2 Å². The average molecular weight is 279 g/mol. The summed E-state index contributed by atoms with van der Waals surface area (Å²) in [5, 5.41) is 5.33. The summed E-state index contributed by atoms with van der Waals surface area (Å²) in [7, 11) is 0. The number of alkyl halides is 1. The van der Waals surface area contributed by atoms with Crippen LogP contribution in [0.5, 0.6) is 0 Å². The number of rotatable bonds is 3. The van der Waals surface area contributed by atoms with E-state index in [9.17, 15) is 0 Å². The van der Waals surface area contributed by atoms with E-state index in [4.69, 9.17) is 0 Å². The summed E-state index contributed by atoms with van der Waals surface area (Å²) in [6.07, 6.45) is 0. The van der Waals surface area contributed by atoms with Crippen molar-refractivity contribution in [3.8, 4) is 0 Å². The van der Waals surface area contributed by atoms with Crippen LogP contribution in [0.1, 0.15) is 22.5 Å². The average Bonchev–Trinajstić information content (AvgIpc) is 2.63. The molecule has 1 aromatic heterocycles. The Morgan fingerprint density at radius 2 is 1.88 bits per heavy atom. The molecular formula is C13H15BrN2. The molecule has 3 heteroatoms. The van der Waals surface area contributed by atoms with Crippen LogP contribution in [-0.4, -0.2) is 9.78 Å². The highest BCUT2D eigenvalue weighted by molar-refractivity contribution is 9.08. The van der Waals surface area contributed by atoms with Gasteiger partial charge in [0.15, 0.2) is 0 Å². The van der Waals surface area contributed by atoms with Gasteiger partial charge in [0.2, 0.25) is 0 Å². The first-order chi connectivity index (χ1) is 7.69. The number of nitrogens with zero attached hydrogens (tertiary/aromatic N) is 2. The van der Waals surface area contributed by atoms with Gasteiger partial charge in [-0.05, 0) is 25.5 Å². The lowest BCUT2D eigenvalue weighted by atomic mass is 10.1. The fourth-order valence-corrected chi connectivity index (χ4v) is 1.94. The van der Waals surface area contributed by atoms with Crippen LogP contribution in [0.2, 0.25) is 0 Å². The minimum absolute atomic E-state index is 0.814. The van der Waals surface area contributed by atoms with Gasteiger partial charge in [-0.1, -0.05) is 45.8 Å². The smallest absolute Gasteiger partial charge is 0.0732 e. The molecule has 0 saturated heterocycles. The van der Waals surface area contributed by atoms with E-state index >= 15 is 0 Å². The van der Waals surface area contributed by atoms with Crippen molar-refractivity contribution >= 4 is 15.9 Å². The molecule has 1 aromatic carbocycles. The van der Waals surface area contributed by atoms with Gasteiger partial charge in [0.05, 0.1) is 12.2 Å². The second kappa shape index (κ2) is 4.83. The van der Waals surface area contributed by atoms with Crippen molar-refractivity contribution in [2.45, 2.75) is 25.7 Å². The van der Waals surface area contributed by atoms with Crippen molar-refractivity contribution in [2.75, 3.05) is 0 Å². The highest BCUT2D eigenvalue weighted by Gasteiger charge is 2.03. The van der Waals surface area contributed by atoms with Crippen molar-refractivity contribution in [1.82, 2.24) is 9.78 Å². The number of hydrogen-bond acceptors (Lipinski definition) is 1. The molecule has 0 spiro atoms. The second-order valence-electron chi connectivity index (χ2n) is 4.05. The molecule has 0 saturated carbocycles. The van der Waals surface area contributed by atoms with E-state index in [-0.39, 0.29) is 0 Å². The Bertz CT molecular complexity index is 471.